The lowest BCUT2D eigenvalue weighted by atomic mass is 9.81. The lowest BCUT2D eigenvalue weighted by Crippen LogP contribution is -2.14. The molecule has 1 aliphatic carbocycles. The summed E-state index contributed by atoms with van der Waals surface area (Å²) in [6.07, 6.45) is 0. The van der Waals surface area contributed by atoms with Crippen LogP contribution in [-0.4, -0.2) is 0 Å². The molecule has 0 bridgehead atoms. The van der Waals surface area contributed by atoms with E-state index in [-0.39, 0.29) is 53.4 Å². The summed E-state index contributed by atoms with van der Waals surface area (Å²) >= 11 is 0. The summed E-state index contributed by atoms with van der Waals surface area (Å²) in [7, 11) is 0. The maximum Gasteiger partial charge on any atom is 0.0159 e. The molecule has 0 nitrogen and oxygen atoms in total. The molecular weight excluding hydrogens is 506 g/mol. The fourth-order valence-corrected chi connectivity index (χ4v) is 3.51. The average Bonchev–Trinajstić information content (AvgIpc) is 2.77. The Balaban J connectivity index is 0.000000960. The lowest BCUT2D eigenvalue weighted by molar-refractivity contribution is 0.660. The van der Waals surface area contributed by atoms with Crippen molar-refractivity contribution in [2.75, 3.05) is 0 Å². The number of hydrogen-bond donors (Lipinski definition) is 0. The quantitative estimate of drug-likeness (QED) is 0.303. The van der Waals surface area contributed by atoms with E-state index in [9.17, 15) is 0 Å². The van der Waals surface area contributed by atoms with E-state index in [0.29, 0.717) is 0 Å². The zero-order valence-electron chi connectivity index (χ0n) is 13.2. The molecule has 0 amide bonds. The molecule has 2 heteroatoms. The van der Waals surface area contributed by atoms with Crippen molar-refractivity contribution >= 4 is 48.0 Å². The summed E-state index contributed by atoms with van der Waals surface area (Å²) in [5.74, 6) is 0. The molecular formula is C21H20I2. The van der Waals surface area contributed by atoms with E-state index in [4.69, 9.17) is 0 Å². The fraction of sp³-hybridized carbons (Fsp3) is 0.143. The molecule has 0 N–H and O–H groups in total. The third kappa shape index (κ3) is 2.95. The molecule has 0 spiro atoms. The third-order valence-corrected chi connectivity index (χ3v) is 4.69. The highest BCUT2D eigenvalue weighted by molar-refractivity contribution is 14.0. The summed E-state index contributed by atoms with van der Waals surface area (Å²) in [5, 5.41) is 0. The van der Waals surface area contributed by atoms with Gasteiger partial charge in [-0.25, -0.2) is 0 Å². The Morgan fingerprint density at radius 2 is 1.17 bits per heavy atom. The van der Waals surface area contributed by atoms with Gasteiger partial charge in [0.1, 0.15) is 0 Å². The van der Waals surface area contributed by atoms with Gasteiger partial charge >= 0.3 is 0 Å². The van der Waals surface area contributed by atoms with Crippen LogP contribution >= 0.6 is 48.0 Å². The summed E-state index contributed by atoms with van der Waals surface area (Å²) < 4.78 is 0. The Kier molecular flexibility index (Phi) is 5.56. The van der Waals surface area contributed by atoms with Crippen molar-refractivity contribution in [3.05, 3.63) is 83.9 Å². The normalized spacial score (nSPS) is 13.3. The number of halogens is 2. The molecule has 23 heavy (non-hydrogen) atoms. The van der Waals surface area contributed by atoms with E-state index in [2.05, 4.69) is 86.6 Å². The van der Waals surface area contributed by atoms with Crippen molar-refractivity contribution in [3.8, 4) is 22.3 Å². The first-order chi connectivity index (χ1) is 10.2. The Morgan fingerprint density at radius 3 is 1.91 bits per heavy atom. The molecule has 1 aliphatic rings. The molecule has 4 rings (SSSR count). The van der Waals surface area contributed by atoms with Crippen molar-refractivity contribution in [2.45, 2.75) is 19.3 Å². The van der Waals surface area contributed by atoms with E-state index in [1.807, 2.05) is 0 Å². The molecule has 3 aromatic carbocycles. The van der Waals surface area contributed by atoms with Crippen molar-refractivity contribution in [2.24, 2.45) is 0 Å². The van der Waals surface area contributed by atoms with Gasteiger partial charge in [0.2, 0.25) is 0 Å². The molecule has 0 radical (unpaired) electrons. The predicted octanol–water partition coefficient (Wildman–Crippen LogP) is 6.90. The average molecular weight is 526 g/mol. The third-order valence-electron chi connectivity index (χ3n) is 4.69. The van der Waals surface area contributed by atoms with Crippen LogP contribution in [0.1, 0.15) is 25.0 Å². The first kappa shape index (κ1) is 18.5. The van der Waals surface area contributed by atoms with Gasteiger partial charge in [-0.2, -0.15) is 0 Å². The maximum atomic E-state index is 2.37. The monoisotopic (exact) mass is 526 g/mol. The number of fused-ring (bicyclic) bond motifs is 3. The number of hydrogen-bond acceptors (Lipinski definition) is 0. The van der Waals surface area contributed by atoms with E-state index < -0.39 is 0 Å². The zero-order valence-corrected chi connectivity index (χ0v) is 17.9. The van der Waals surface area contributed by atoms with Crippen LogP contribution in [0, 0.1) is 0 Å². The Bertz CT molecular complexity index is 820. The molecule has 0 saturated carbocycles. The zero-order chi connectivity index (χ0) is 14.4. The molecule has 3 aromatic rings. The van der Waals surface area contributed by atoms with Gasteiger partial charge < -0.3 is 0 Å². The second-order valence-corrected chi connectivity index (χ2v) is 6.30. The highest BCUT2D eigenvalue weighted by Crippen LogP contribution is 2.49. The summed E-state index contributed by atoms with van der Waals surface area (Å²) in [5.41, 5.74) is 8.31. The summed E-state index contributed by atoms with van der Waals surface area (Å²) in [4.78, 5) is 0. The van der Waals surface area contributed by atoms with E-state index in [1.165, 1.54) is 33.4 Å². The number of rotatable bonds is 1. The summed E-state index contributed by atoms with van der Waals surface area (Å²) in [6, 6.07) is 26.3. The molecule has 0 atom stereocenters. The van der Waals surface area contributed by atoms with Crippen molar-refractivity contribution in [1.29, 1.82) is 0 Å². The first-order valence-electron chi connectivity index (χ1n) is 7.48. The Labute approximate surface area is 172 Å². The van der Waals surface area contributed by atoms with E-state index in [1.54, 1.807) is 0 Å². The number of benzene rings is 3. The highest BCUT2D eigenvalue weighted by Gasteiger charge is 2.35. The van der Waals surface area contributed by atoms with Crippen LogP contribution in [0.4, 0.5) is 0 Å². The lowest BCUT2D eigenvalue weighted by Gasteiger charge is -2.22. The molecule has 0 aliphatic heterocycles. The van der Waals surface area contributed by atoms with Crippen molar-refractivity contribution < 1.29 is 0 Å². The predicted molar refractivity (Wildman–Crippen MR) is 120 cm³/mol. The van der Waals surface area contributed by atoms with Crippen LogP contribution in [0.3, 0.4) is 0 Å². The van der Waals surface area contributed by atoms with Crippen LogP contribution in [0.5, 0.6) is 0 Å². The SMILES string of the molecule is CC1(C)c2ccccc2-c2ccc(-c3ccccc3)cc21.I.I. The van der Waals surface area contributed by atoms with Gasteiger partial charge in [-0.15, -0.1) is 48.0 Å². The van der Waals surface area contributed by atoms with Gasteiger partial charge in [0.25, 0.3) is 0 Å². The molecule has 0 unspecified atom stereocenters. The molecule has 0 saturated heterocycles. The van der Waals surface area contributed by atoms with Gasteiger partial charge in [0, 0.05) is 5.41 Å². The van der Waals surface area contributed by atoms with Crippen LogP contribution in [-0.2, 0) is 5.41 Å². The molecule has 118 valence electrons. The Morgan fingerprint density at radius 1 is 0.565 bits per heavy atom. The summed E-state index contributed by atoms with van der Waals surface area (Å²) in [6.45, 7) is 4.65. The first-order valence-corrected chi connectivity index (χ1v) is 7.48. The minimum Gasteiger partial charge on any atom is -0.107 e. The minimum absolute atomic E-state index is 0. The second-order valence-electron chi connectivity index (χ2n) is 6.30. The molecule has 0 aromatic heterocycles. The van der Waals surface area contributed by atoms with Crippen LogP contribution in [0.25, 0.3) is 22.3 Å². The van der Waals surface area contributed by atoms with Crippen molar-refractivity contribution in [1.82, 2.24) is 0 Å². The van der Waals surface area contributed by atoms with Gasteiger partial charge in [-0.1, -0.05) is 80.6 Å². The van der Waals surface area contributed by atoms with E-state index >= 15 is 0 Å². The second kappa shape index (κ2) is 6.93. The van der Waals surface area contributed by atoms with Gasteiger partial charge in [0.15, 0.2) is 0 Å². The van der Waals surface area contributed by atoms with Gasteiger partial charge in [-0.05, 0) is 39.4 Å². The van der Waals surface area contributed by atoms with Gasteiger partial charge in [0.05, 0.1) is 0 Å². The standard InChI is InChI=1S/C21H18.2HI/c1-21(2)19-11-7-6-10-17(19)18-13-12-16(14-20(18)21)15-8-4-3-5-9-15;;/h3-14H,1-2H3;2*1H. The Hall–Kier alpha value is -0.880. The smallest absolute Gasteiger partial charge is 0.0159 e. The van der Waals surface area contributed by atoms with Gasteiger partial charge in [-0.3, -0.25) is 0 Å². The van der Waals surface area contributed by atoms with E-state index in [0.717, 1.165) is 0 Å². The van der Waals surface area contributed by atoms with Crippen LogP contribution in [0.2, 0.25) is 0 Å². The maximum absolute atomic E-state index is 2.37. The van der Waals surface area contributed by atoms with Crippen LogP contribution in [0.15, 0.2) is 72.8 Å². The van der Waals surface area contributed by atoms with Crippen LogP contribution < -0.4 is 0 Å². The minimum atomic E-state index is 0. The van der Waals surface area contributed by atoms with Crippen molar-refractivity contribution in [3.63, 3.8) is 0 Å². The topological polar surface area (TPSA) is 0 Å². The molecule has 0 heterocycles. The fourth-order valence-electron chi connectivity index (χ4n) is 3.51. The molecule has 0 fully saturated rings. The largest absolute Gasteiger partial charge is 0.107 e. The highest BCUT2D eigenvalue weighted by atomic mass is 127.